The number of phenolic OH excluding ortho intramolecular Hbond substituents is 1. The number of halogens is 3. The van der Waals surface area contributed by atoms with Crippen LogP contribution in [0.2, 0.25) is 0 Å². The van der Waals surface area contributed by atoms with Gasteiger partial charge in [0.15, 0.2) is 0 Å². The van der Waals surface area contributed by atoms with E-state index in [0.29, 0.717) is 49.8 Å². The Balaban J connectivity index is 1.12. The number of alkyl halides is 3. The first-order valence-electron chi connectivity index (χ1n) is 45.1. The number of likely N-dealkylation sites (N-methyl/N-ethyl adjacent to an activating group) is 2. The van der Waals surface area contributed by atoms with Gasteiger partial charge in [-0.2, -0.15) is 13.2 Å². The Bertz CT molecular complexity index is 5330. The second kappa shape index (κ2) is 49.7. The summed E-state index contributed by atoms with van der Waals surface area (Å²) < 4.78 is 44.5. The molecule has 9 rings (SSSR count). The van der Waals surface area contributed by atoms with Crippen LogP contribution >= 0.6 is 11.8 Å². The fourth-order valence-corrected chi connectivity index (χ4v) is 17.5. The summed E-state index contributed by atoms with van der Waals surface area (Å²) in [7, 11) is 2.33. The van der Waals surface area contributed by atoms with Gasteiger partial charge in [-0.05, 0) is 106 Å². The highest BCUT2D eigenvalue weighted by Crippen LogP contribution is 2.29. The van der Waals surface area contributed by atoms with E-state index in [1.165, 1.54) is 63.2 Å². The number of H-pyrrole nitrogens is 3. The van der Waals surface area contributed by atoms with E-state index in [1.54, 1.807) is 69.3 Å². The Morgan fingerprint density at radius 1 is 0.591 bits per heavy atom. The molecule has 3 aliphatic rings. The molecule has 43 nitrogen and oxygen atoms in total. The molecule has 3 aromatic carbocycles. The van der Waals surface area contributed by atoms with Crippen LogP contribution in [0.3, 0.4) is 0 Å². The minimum atomic E-state index is -5.02. The van der Waals surface area contributed by atoms with Gasteiger partial charge >= 0.3 is 12.1 Å². The fourth-order valence-electron chi connectivity index (χ4n) is 16.6. The van der Waals surface area contributed by atoms with E-state index < -0.39 is 298 Å². The first-order chi connectivity index (χ1) is 64.9. The molecule has 0 spiro atoms. The molecule has 0 radical (unpaired) electrons. The van der Waals surface area contributed by atoms with Crippen LogP contribution in [0.5, 0.6) is 5.75 Å². The van der Waals surface area contributed by atoms with Crippen molar-refractivity contribution in [1.29, 1.82) is 0 Å². The largest absolute Gasteiger partial charge is 0.508 e. The van der Waals surface area contributed by atoms with Crippen molar-refractivity contribution in [2.24, 2.45) is 23.1 Å². The Labute approximate surface area is 790 Å². The summed E-state index contributed by atoms with van der Waals surface area (Å²) in [6, 6.07) is -5.08. The van der Waals surface area contributed by atoms with Gasteiger partial charge in [-0.1, -0.05) is 82.1 Å². The van der Waals surface area contributed by atoms with Crippen LogP contribution in [0, 0.1) is 5.92 Å². The predicted octanol–water partition coefficient (Wildman–Crippen LogP) is -1.82. The van der Waals surface area contributed by atoms with Crippen molar-refractivity contribution in [2.45, 2.75) is 234 Å². The van der Waals surface area contributed by atoms with Crippen LogP contribution in [0.15, 0.2) is 97.7 Å². The van der Waals surface area contributed by atoms with E-state index >= 15 is 38.4 Å². The number of hydrogen-bond donors (Lipinski definition) is 19. The molecule has 6 heterocycles. The monoisotopic (exact) mass is 1930 g/mol. The number of phenols is 1. The highest BCUT2D eigenvalue weighted by molar-refractivity contribution is 8.00. The van der Waals surface area contributed by atoms with Crippen molar-refractivity contribution in [3.05, 3.63) is 120 Å². The molecule has 3 saturated heterocycles. The molecule has 17 amide bonds. The number of para-hydroxylation sites is 2. The number of carbonyl (C=O) groups excluding carboxylic acids is 17. The number of fused-ring (bicyclic) bond motifs is 4. The number of nitrogens with one attached hydrogen (secondary N) is 13. The number of benzene rings is 3. The SMILES string of the molecule is CCCC[C@H]1C(=O)N[C@@H](CC(C)C)C(=O)N[C@H](C(=O)NCC(N)=O)CSCC(=O)N[C@@H](Cc2ccc(O)cc2)C(=O)N(C)[C@@H](C)C(=O)N[C@@H](CC(N)=O)C(=O)N2CCC[C@H]2C(=O)N[C@@H](Cc2cnc[nH]2)C(=O)N[C@@H](CCC(=O)O)C(=O)N2C[C@H](O)C[C@H]2C(=O)N[C@@H](Cc2c[nH]c3ccccc23)C(=O)N[C@@H](CCN)C(=O)N[C@@H](Cc2c[nH]c3ccccc23)C(=O)N(CCC(F)(F)F)[C@@H](C)C(=O)N1C. The summed E-state index contributed by atoms with van der Waals surface area (Å²) in [5, 5.41) is 58.4. The van der Waals surface area contributed by atoms with Crippen LogP contribution in [-0.2, 0) is 112 Å². The van der Waals surface area contributed by atoms with Crippen LogP contribution < -0.4 is 70.4 Å². The van der Waals surface area contributed by atoms with Crippen molar-refractivity contribution in [1.82, 2.24) is 97.6 Å². The average molecular weight is 1940 g/mol. The van der Waals surface area contributed by atoms with Crippen molar-refractivity contribution in [2.75, 3.05) is 58.3 Å². The summed E-state index contributed by atoms with van der Waals surface area (Å²) in [4.78, 5) is 280. The minimum Gasteiger partial charge on any atom is -0.508 e. The van der Waals surface area contributed by atoms with Crippen molar-refractivity contribution in [3.8, 4) is 5.75 Å². The first-order valence-corrected chi connectivity index (χ1v) is 46.2. The van der Waals surface area contributed by atoms with Crippen LogP contribution in [-0.4, -0.2) is 321 Å². The Hall–Kier alpha value is -13.7. The van der Waals surface area contributed by atoms with Gasteiger partial charge in [0.1, 0.15) is 90.3 Å². The van der Waals surface area contributed by atoms with Crippen molar-refractivity contribution >= 4 is 140 Å². The zero-order valence-corrected chi connectivity index (χ0v) is 77.7. The quantitative estimate of drug-likeness (QED) is 0.0300. The third kappa shape index (κ3) is 30.1. The van der Waals surface area contributed by atoms with Crippen molar-refractivity contribution in [3.63, 3.8) is 0 Å². The van der Waals surface area contributed by atoms with Gasteiger partial charge in [0, 0.05) is 124 Å². The van der Waals surface area contributed by atoms with E-state index in [9.17, 15) is 76.4 Å². The number of aliphatic hydroxyl groups is 1. The Morgan fingerprint density at radius 3 is 1.74 bits per heavy atom. The fraction of sp³-hybridized carbons (Fsp3) is 0.522. The molecular weight excluding hydrogens is 1810 g/mol. The lowest BCUT2D eigenvalue weighted by Gasteiger charge is -2.37. The van der Waals surface area contributed by atoms with Gasteiger partial charge in [0.25, 0.3) is 0 Å². The van der Waals surface area contributed by atoms with Gasteiger partial charge in [-0.25, -0.2) is 4.98 Å². The highest BCUT2D eigenvalue weighted by Gasteiger charge is 2.47. The van der Waals surface area contributed by atoms with Gasteiger partial charge in [0.05, 0.1) is 37.6 Å². The molecule has 137 heavy (non-hydrogen) atoms. The van der Waals surface area contributed by atoms with Gasteiger partial charge < -0.3 is 125 Å². The second-order valence-corrected chi connectivity index (χ2v) is 35.8. The predicted molar refractivity (Wildman–Crippen MR) is 490 cm³/mol. The normalized spacial score (nSPS) is 24.7. The van der Waals surface area contributed by atoms with Crippen molar-refractivity contribution < 1.29 is 115 Å². The molecule has 22 N–H and O–H groups in total. The molecule has 6 aromatic rings. The summed E-state index contributed by atoms with van der Waals surface area (Å²) in [6.07, 6.45) is -7.47. The van der Waals surface area contributed by atoms with Gasteiger partial charge in [-0.15, -0.1) is 11.8 Å². The number of aromatic hydroxyl groups is 1. The number of nitrogens with zero attached hydrogens (tertiary/aromatic N) is 6. The summed E-state index contributed by atoms with van der Waals surface area (Å²) >= 11 is 0.724. The summed E-state index contributed by atoms with van der Waals surface area (Å²) in [6.45, 7) is 4.24. The lowest BCUT2D eigenvalue weighted by Crippen LogP contribution is -2.62. The topological polar surface area (TPSA) is 643 Å². The van der Waals surface area contributed by atoms with Crippen LogP contribution in [0.25, 0.3) is 21.8 Å². The zero-order valence-electron chi connectivity index (χ0n) is 76.9. The third-order valence-electron chi connectivity index (χ3n) is 24.1. The maximum absolute atomic E-state index is 15.8. The number of imidazole rings is 1. The number of carbonyl (C=O) groups is 18. The maximum atomic E-state index is 15.8. The molecule has 0 bridgehead atoms. The molecule has 0 aliphatic carbocycles. The van der Waals surface area contributed by atoms with Gasteiger partial charge in [-0.3, -0.25) is 86.3 Å². The maximum Gasteiger partial charge on any atom is 0.390 e. The number of aromatic amines is 3. The number of nitrogens with two attached hydrogens (primary N) is 3. The molecule has 744 valence electrons. The number of carboxylic acid groups (broad SMARTS) is 1. The number of unbranched alkanes of at least 4 members (excludes halogenated alkanes) is 1. The molecular formula is C90H121F3N22O21S. The van der Waals surface area contributed by atoms with E-state index in [-0.39, 0.29) is 63.1 Å². The number of carboxylic acids is 1. The summed E-state index contributed by atoms with van der Waals surface area (Å²) in [5.41, 5.74) is 19.6. The number of aliphatic carboxylic acids is 1. The molecule has 15 atom stereocenters. The van der Waals surface area contributed by atoms with Crippen LogP contribution in [0.1, 0.15) is 134 Å². The third-order valence-corrected chi connectivity index (χ3v) is 25.1. The molecule has 3 aliphatic heterocycles. The van der Waals surface area contributed by atoms with E-state index in [0.717, 1.165) is 45.3 Å². The van der Waals surface area contributed by atoms with Crippen LogP contribution in [0.4, 0.5) is 13.2 Å². The minimum absolute atomic E-state index is 0.0960. The summed E-state index contributed by atoms with van der Waals surface area (Å²) in [5.74, 6) is -21.3. The van der Waals surface area contributed by atoms with E-state index in [2.05, 4.69) is 73.1 Å². The molecule has 47 heteroatoms. The van der Waals surface area contributed by atoms with E-state index in [1.807, 2.05) is 0 Å². The number of aromatic nitrogens is 4. The molecule has 3 aromatic heterocycles. The number of amides is 17. The van der Waals surface area contributed by atoms with E-state index in [4.69, 9.17) is 17.2 Å². The zero-order chi connectivity index (χ0) is 100. The number of hydrogen-bond acceptors (Lipinski definition) is 23. The Morgan fingerprint density at radius 2 is 1.15 bits per heavy atom. The highest BCUT2D eigenvalue weighted by atomic mass is 32.2. The second-order valence-electron chi connectivity index (χ2n) is 34.8. The number of primary amides is 2. The lowest BCUT2D eigenvalue weighted by atomic mass is 10.00. The smallest absolute Gasteiger partial charge is 0.390 e. The molecule has 0 unspecified atom stereocenters. The first kappa shape index (κ1) is 107. The molecule has 0 saturated carbocycles. The number of aliphatic hydroxyl groups excluding tert-OH is 1. The standard InChI is InChI=1S/C90H121F3N22O21S/c1-8-9-19-69-82(129)105-62(32-47(2)3)79(126)110-68(77(124)100-42-73(96)119)44-137-45-74(120)102-65(33-50-21-23-54(116)24-22-50)86(133)111(6)48(4)76(123)108-67(38-72(95)118)89(136)114-30-14-20-70(114)83(130)107-64(36-53-41-97-46-101-53)81(128)104-61(25-26-75(121)122)87(134)115-43-55(117)37-71(115)84(131)106-63(34-51-39-98-58-17-12-10-15-56(51)58)80(127)103-60(27-29-94)78(125)109-66(35-52-40-99-59-18-13-11-16-57(52)59)88(135)113(31-28-90(91,92)93)49(5)85(132)112(69)7/h10-13,15-18,21-24,39-41,46-49,55,60-71,98-99,116-117H,8-9,14,19-20,25-38,42-45,94H2,1-7H3,(H2,95,118)(H2,96,119)(H,97,101)(H,100,124)(H,102,120)(H,103,127)(H,104,128)(H,105,129)(H,106,131)(H,107,130)(H,108,123)(H,109,125)(H,110,126)(H,121,122)/t48-,49-,55+,60-,61-,62-,63-,64-,65-,66-,67-,68-,69-,70-,71-/m0/s1. The average Bonchev–Trinajstić information content (AvgIpc) is 1.75. The molecule has 3 fully saturated rings. The number of rotatable bonds is 25. The lowest BCUT2D eigenvalue weighted by molar-refractivity contribution is -0.157. The number of thioether (sulfide) groups is 1. The Kier molecular flexibility index (Phi) is 38.8. The van der Waals surface area contributed by atoms with Gasteiger partial charge in [0.2, 0.25) is 100 Å².